The van der Waals surface area contributed by atoms with Gasteiger partial charge in [-0.15, -0.1) is 0 Å². The highest BCUT2D eigenvalue weighted by molar-refractivity contribution is 7.89. The minimum absolute atomic E-state index is 0.0456. The summed E-state index contributed by atoms with van der Waals surface area (Å²) in [6.45, 7) is 2.26. The average Bonchev–Trinajstić information content (AvgIpc) is 2.69. The van der Waals surface area contributed by atoms with Crippen LogP contribution in [0.3, 0.4) is 0 Å². The van der Waals surface area contributed by atoms with Crippen LogP contribution < -0.4 is 9.46 Å². The lowest BCUT2D eigenvalue weighted by molar-refractivity contribution is -0.146. The van der Waals surface area contributed by atoms with Crippen LogP contribution in [0, 0.1) is 6.92 Å². The maximum Gasteiger partial charge on any atom is 0.248 e. The summed E-state index contributed by atoms with van der Waals surface area (Å²) < 4.78 is 38.6. The fraction of sp³-hybridized carbons (Fsp3) is 0.368. The molecule has 1 atom stereocenters. The number of nitrogens with one attached hydrogen (secondary N) is 1. The first-order valence-corrected chi connectivity index (χ1v) is 10.2. The van der Waals surface area contributed by atoms with E-state index in [9.17, 15) is 13.2 Å². The van der Waals surface area contributed by atoms with Crippen molar-refractivity contribution in [2.45, 2.75) is 17.9 Å². The summed E-state index contributed by atoms with van der Waals surface area (Å²) >= 11 is 0. The number of rotatable bonds is 6. The summed E-state index contributed by atoms with van der Waals surface area (Å²) in [5.41, 5.74) is 2.48. The van der Waals surface area contributed by atoms with Gasteiger partial charge in [-0.05, 0) is 25.1 Å². The highest BCUT2D eigenvalue weighted by Crippen LogP contribution is 2.31. The van der Waals surface area contributed by atoms with Crippen LogP contribution in [0.2, 0.25) is 0 Å². The summed E-state index contributed by atoms with van der Waals surface area (Å²) in [4.78, 5) is 17.3. The topological polar surface area (TPSA) is 97.8 Å². The third-order valence-electron chi connectivity index (χ3n) is 4.55. The zero-order valence-corrected chi connectivity index (χ0v) is 16.8. The molecule has 28 heavy (non-hydrogen) atoms. The second kappa shape index (κ2) is 8.26. The van der Waals surface area contributed by atoms with Crippen molar-refractivity contribution in [3.8, 4) is 16.9 Å². The number of carbonyl (C=O) groups excluding carboxylic acids is 1. The van der Waals surface area contributed by atoms with Crippen molar-refractivity contribution in [1.29, 1.82) is 0 Å². The van der Waals surface area contributed by atoms with Crippen molar-refractivity contribution >= 4 is 15.9 Å². The highest BCUT2D eigenvalue weighted by atomic mass is 32.2. The number of ether oxygens (including phenoxy) is 2. The molecule has 1 N–H and O–H groups in total. The van der Waals surface area contributed by atoms with Gasteiger partial charge in [0.2, 0.25) is 15.9 Å². The van der Waals surface area contributed by atoms with Gasteiger partial charge in [-0.1, -0.05) is 6.07 Å². The fourth-order valence-electron chi connectivity index (χ4n) is 2.87. The lowest BCUT2D eigenvalue weighted by atomic mass is 10.1. The largest absolute Gasteiger partial charge is 0.496 e. The lowest BCUT2D eigenvalue weighted by Crippen LogP contribution is -2.48. The Morgan fingerprint density at radius 1 is 1.32 bits per heavy atom. The van der Waals surface area contributed by atoms with Gasteiger partial charge in [0, 0.05) is 49.2 Å². The normalized spacial score (nSPS) is 17.6. The Labute approximate surface area is 164 Å². The summed E-state index contributed by atoms with van der Waals surface area (Å²) in [7, 11) is -0.602. The number of pyridine rings is 1. The first-order valence-electron chi connectivity index (χ1n) is 8.76. The van der Waals surface area contributed by atoms with Gasteiger partial charge >= 0.3 is 0 Å². The quantitative estimate of drug-likeness (QED) is 0.776. The van der Waals surface area contributed by atoms with Crippen LogP contribution in [0.1, 0.15) is 5.69 Å². The number of benzene rings is 1. The van der Waals surface area contributed by atoms with Gasteiger partial charge < -0.3 is 14.4 Å². The van der Waals surface area contributed by atoms with E-state index in [1.54, 1.807) is 19.3 Å². The Balaban J connectivity index is 1.76. The van der Waals surface area contributed by atoms with Gasteiger partial charge in [-0.3, -0.25) is 9.78 Å². The third-order valence-corrected chi connectivity index (χ3v) is 5.97. The Morgan fingerprint density at radius 2 is 2.11 bits per heavy atom. The predicted molar refractivity (Wildman–Crippen MR) is 104 cm³/mol. The number of morpholine rings is 1. The summed E-state index contributed by atoms with van der Waals surface area (Å²) in [5.74, 6) is 0.317. The molecule has 8 nitrogen and oxygen atoms in total. The van der Waals surface area contributed by atoms with Crippen LogP contribution in [-0.2, 0) is 19.6 Å². The molecule has 1 aliphatic heterocycles. The summed E-state index contributed by atoms with van der Waals surface area (Å²) in [5, 5.41) is 0. The molecular weight excluding hydrogens is 382 g/mol. The van der Waals surface area contributed by atoms with E-state index >= 15 is 0 Å². The average molecular weight is 405 g/mol. The van der Waals surface area contributed by atoms with Gasteiger partial charge in [-0.25, -0.2) is 13.1 Å². The van der Waals surface area contributed by atoms with Crippen molar-refractivity contribution in [2.24, 2.45) is 0 Å². The van der Waals surface area contributed by atoms with Crippen LogP contribution in [0.25, 0.3) is 11.1 Å². The molecule has 2 aromatic rings. The Hall–Kier alpha value is -2.49. The summed E-state index contributed by atoms with van der Waals surface area (Å²) in [6.07, 6.45) is 1.33. The lowest BCUT2D eigenvalue weighted by Gasteiger charge is -2.29. The molecule has 1 unspecified atom stereocenters. The molecule has 0 saturated carbocycles. The van der Waals surface area contributed by atoms with E-state index in [0.717, 1.165) is 16.8 Å². The molecule has 150 valence electrons. The first kappa shape index (κ1) is 20.2. The van der Waals surface area contributed by atoms with E-state index in [-0.39, 0.29) is 24.0 Å². The van der Waals surface area contributed by atoms with Gasteiger partial charge in [0.15, 0.2) is 0 Å². The number of nitrogens with zero attached hydrogens (tertiary/aromatic N) is 2. The Bertz CT molecular complexity index is 960. The van der Waals surface area contributed by atoms with Gasteiger partial charge in [0.1, 0.15) is 12.4 Å². The second-order valence-electron chi connectivity index (χ2n) is 6.61. The van der Waals surface area contributed by atoms with E-state index in [1.807, 2.05) is 19.1 Å². The van der Waals surface area contributed by atoms with E-state index in [4.69, 9.17) is 9.47 Å². The van der Waals surface area contributed by atoms with Crippen molar-refractivity contribution < 1.29 is 22.7 Å². The molecule has 0 bridgehead atoms. The number of hydrogen-bond donors (Lipinski definition) is 1. The van der Waals surface area contributed by atoms with Crippen molar-refractivity contribution in [2.75, 3.05) is 33.9 Å². The smallest absolute Gasteiger partial charge is 0.248 e. The number of sulfonamides is 1. The molecule has 1 aromatic heterocycles. The van der Waals surface area contributed by atoms with Crippen molar-refractivity contribution in [3.63, 3.8) is 0 Å². The van der Waals surface area contributed by atoms with Gasteiger partial charge in [0.25, 0.3) is 0 Å². The van der Waals surface area contributed by atoms with E-state index in [0.29, 0.717) is 12.3 Å². The van der Waals surface area contributed by atoms with Crippen LogP contribution in [0.5, 0.6) is 5.75 Å². The maximum absolute atomic E-state index is 12.7. The SMILES string of the molecule is COc1cc(S(=O)(=O)NCC2CN(C)C(=O)CO2)ccc1-c1ccc(C)nc1. The molecule has 1 aliphatic rings. The minimum Gasteiger partial charge on any atom is -0.496 e. The van der Waals surface area contributed by atoms with Crippen LogP contribution in [0.4, 0.5) is 0 Å². The maximum atomic E-state index is 12.7. The van der Waals surface area contributed by atoms with E-state index < -0.39 is 16.1 Å². The number of amides is 1. The zero-order chi connectivity index (χ0) is 20.3. The molecule has 2 heterocycles. The number of aryl methyl sites for hydroxylation is 1. The number of aromatic nitrogens is 1. The summed E-state index contributed by atoms with van der Waals surface area (Å²) in [6, 6.07) is 8.49. The number of methoxy groups -OCH3 is 1. The molecule has 0 spiro atoms. The standard InChI is InChI=1S/C19H23N3O5S/c1-13-4-5-14(9-20-13)17-7-6-16(8-18(17)26-3)28(24,25)21-10-15-11-22(2)19(23)12-27-15/h4-9,15,21H,10-12H2,1-3H3. The molecule has 1 aromatic carbocycles. The third kappa shape index (κ3) is 4.49. The fourth-order valence-corrected chi connectivity index (χ4v) is 3.95. The molecule has 0 radical (unpaired) electrons. The number of hydrogen-bond acceptors (Lipinski definition) is 6. The molecule has 1 fully saturated rings. The van der Waals surface area contributed by atoms with Crippen LogP contribution >= 0.6 is 0 Å². The first-order chi connectivity index (χ1) is 13.3. The van der Waals surface area contributed by atoms with Crippen molar-refractivity contribution in [1.82, 2.24) is 14.6 Å². The number of carbonyl (C=O) groups is 1. The molecule has 3 rings (SSSR count). The number of likely N-dealkylation sites (N-methyl/N-ethyl adjacent to an activating group) is 1. The molecular formula is C19H23N3O5S. The molecule has 0 aliphatic carbocycles. The minimum atomic E-state index is -3.76. The molecule has 9 heteroatoms. The predicted octanol–water partition coefficient (Wildman–Crippen LogP) is 1.20. The van der Waals surface area contributed by atoms with Gasteiger partial charge in [0.05, 0.1) is 18.1 Å². The van der Waals surface area contributed by atoms with Crippen molar-refractivity contribution in [3.05, 3.63) is 42.2 Å². The highest BCUT2D eigenvalue weighted by Gasteiger charge is 2.25. The zero-order valence-electron chi connectivity index (χ0n) is 16.0. The molecule has 1 amide bonds. The van der Waals surface area contributed by atoms with Crippen LogP contribution in [-0.4, -0.2) is 64.2 Å². The Kier molecular flexibility index (Phi) is 5.97. The molecule has 1 saturated heterocycles. The van der Waals surface area contributed by atoms with Gasteiger partial charge in [-0.2, -0.15) is 0 Å². The van der Waals surface area contributed by atoms with E-state index in [2.05, 4.69) is 9.71 Å². The van der Waals surface area contributed by atoms with Crippen LogP contribution in [0.15, 0.2) is 41.4 Å². The Morgan fingerprint density at radius 3 is 2.75 bits per heavy atom. The monoisotopic (exact) mass is 405 g/mol. The second-order valence-corrected chi connectivity index (χ2v) is 8.38. The van der Waals surface area contributed by atoms with E-state index in [1.165, 1.54) is 24.1 Å².